The molecule has 24 heavy (non-hydrogen) atoms. The van der Waals surface area contributed by atoms with E-state index in [2.05, 4.69) is 5.32 Å². The number of carbonyl (C=O) groups is 2. The van der Waals surface area contributed by atoms with Crippen LogP contribution in [-0.4, -0.2) is 29.5 Å². The molecule has 1 unspecified atom stereocenters. The number of para-hydroxylation sites is 1. The quantitative estimate of drug-likeness (QED) is 0.885. The van der Waals surface area contributed by atoms with Gasteiger partial charge < -0.3 is 15.3 Å². The van der Waals surface area contributed by atoms with Gasteiger partial charge in [-0.2, -0.15) is 0 Å². The highest BCUT2D eigenvalue weighted by Gasteiger charge is 2.34. The first kappa shape index (κ1) is 17.7. The maximum atomic E-state index is 12.7. The van der Waals surface area contributed by atoms with Crippen LogP contribution in [0.25, 0.3) is 0 Å². The normalized spacial score (nSPS) is 12.3. The fourth-order valence-corrected chi connectivity index (χ4v) is 2.40. The van der Waals surface area contributed by atoms with Crippen molar-refractivity contribution >= 4 is 17.5 Å². The third-order valence-electron chi connectivity index (χ3n) is 3.78. The molecule has 2 aromatic rings. The molecule has 5 heteroatoms. The molecule has 5 nitrogen and oxygen atoms in total. The van der Waals surface area contributed by atoms with Crippen LogP contribution >= 0.6 is 0 Å². The topological polar surface area (TPSA) is 69.6 Å². The van der Waals surface area contributed by atoms with Gasteiger partial charge in [0.15, 0.2) is 6.10 Å². The summed E-state index contributed by atoms with van der Waals surface area (Å²) in [5, 5.41) is 12.8. The van der Waals surface area contributed by atoms with Crippen molar-refractivity contribution in [2.24, 2.45) is 0 Å². The first-order chi connectivity index (χ1) is 11.3. The van der Waals surface area contributed by atoms with Crippen molar-refractivity contribution in [3.05, 3.63) is 66.2 Å². The van der Waals surface area contributed by atoms with Crippen molar-refractivity contribution in [3.8, 4) is 0 Å². The number of rotatable bonds is 5. The van der Waals surface area contributed by atoms with Crippen molar-refractivity contribution in [2.45, 2.75) is 25.5 Å². The van der Waals surface area contributed by atoms with Crippen LogP contribution in [0.1, 0.15) is 25.5 Å². The average Bonchev–Trinajstić information content (AvgIpc) is 2.60. The van der Waals surface area contributed by atoms with Crippen molar-refractivity contribution < 1.29 is 14.7 Å². The lowest BCUT2D eigenvalue weighted by molar-refractivity contribution is -0.135. The molecule has 0 saturated heterocycles. The lowest BCUT2D eigenvalue weighted by Crippen LogP contribution is -2.56. The zero-order chi connectivity index (χ0) is 17.7. The molecule has 0 fully saturated rings. The van der Waals surface area contributed by atoms with E-state index in [9.17, 15) is 14.7 Å². The molecule has 2 rings (SSSR count). The average molecular weight is 326 g/mol. The predicted molar refractivity (Wildman–Crippen MR) is 93.5 cm³/mol. The van der Waals surface area contributed by atoms with Gasteiger partial charge in [0.2, 0.25) is 0 Å². The van der Waals surface area contributed by atoms with Crippen LogP contribution in [-0.2, 0) is 9.59 Å². The van der Waals surface area contributed by atoms with Crippen LogP contribution in [0.3, 0.4) is 0 Å². The third kappa shape index (κ3) is 4.00. The SMILES string of the molecule is CN(C(=O)C(C)(C)NC(=O)C(O)c1ccccc1)c1ccccc1. The molecule has 0 aliphatic rings. The fourth-order valence-electron chi connectivity index (χ4n) is 2.40. The minimum absolute atomic E-state index is 0.276. The van der Waals surface area contributed by atoms with E-state index in [4.69, 9.17) is 0 Å². The molecule has 1 atom stereocenters. The molecular formula is C19H22N2O3. The minimum Gasteiger partial charge on any atom is -0.378 e. The number of nitrogens with zero attached hydrogens (tertiary/aromatic N) is 1. The summed E-state index contributed by atoms with van der Waals surface area (Å²) in [6.07, 6.45) is -1.32. The molecular weight excluding hydrogens is 304 g/mol. The Bertz CT molecular complexity index is 699. The van der Waals surface area contributed by atoms with Crippen molar-refractivity contribution in [1.82, 2.24) is 5.32 Å². The van der Waals surface area contributed by atoms with E-state index in [0.717, 1.165) is 5.69 Å². The van der Waals surface area contributed by atoms with Gasteiger partial charge in [0, 0.05) is 12.7 Å². The number of nitrogens with one attached hydrogen (secondary N) is 1. The van der Waals surface area contributed by atoms with Gasteiger partial charge in [0.05, 0.1) is 0 Å². The fraction of sp³-hybridized carbons (Fsp3) is 0.263. The zero-order valence-corrected chi connectivity index (χ0v) is 14.1. The first-order valence-corrected chi connectivity index (χ1v) is 7.71. The lowest BCUT2D eigenvalue weighted by Gasteiger charge is -2.31. The molecule has 2 aromatic carbocycles. The molecule has 2 N–H and O–H groups in total. The maximum Gasteiger partial charge on any atom is 0.254 e. The second-order valence-corrected chi connectivity index (χ2v) is 6.13. The Kier molecular flexibility index (Phi) is 5.36. The minimum atomic E-state index is -1.32. The summed E-state index contributed by atoms with van der Waals surface area (Å²) in [6.45, 7) is 3.23. The summed E-state index contributed by atoms with van der Waals surface area (Å²) in [6, 6.07) is 17.8. The molecule has 126 valence electrons. The second-order valence-electron chi connectivity index (χ2n) is 6.13. The number of hydrogen-bond acceptors (Lipinski definition) is 3. The Hall–Kier alpha value is -2.66. The summed E-state index contributed by atoms with van der Waals surface area (Å²) in [5.74, 6) is -0.886. The number of aliphatic hydroxyl groups is 1. The third-order valence-corrected chi connectivity index (χ3v) is 3.78. The number of anilines is 1. The van der Waals surface area contributed by atoms with Gasteiger partial charge in [-0.3, -0.25) is 9.59 Å². The van der Waals surface area contributed by atoms with Gasteiger partial charge in [-0.1, -0.05) is 48.5 Å². The Labute approximate surface area is 141 Å². The van der Waals surface area contributed by atoms with Gasteiger partial charge in [0.25, 0.3) is 11.8 Å². The monoisotopic (exact) mass is 326 g/mol. The van der Waals surface area contributed by atoms with E-state index in [0.29, 0.717) is 5.56 Å². The highest BCUT2D eigenvalue weighted by Crippen LogP contribution is 2.18. The van der Waals surface area contributed by atoms with Gasteiger partial charge in [-0.15, -0.1) is 0 Å². The summed E-state index contributed by atoms with van der Waals surface area (Å²) in [7, 11) is 1.65. The second kappa shape index (κ2) is 7.27. The van der Waals surface area contributed by atoms with E-state index in [1.807, 2.05) is 30.3 Å². The Morgan fingerprint density at radius 2 is 1.50 bits per heavy atom. The van der Waals surface area contributed by atoms with Crippen molar-refractivity contribution in [1.29, 1.82) is 0 Å². The summed E-state index contributed by atoms with van der Waals surface area (Å²) in [5.41, 5.74) is 0.0559. The summed E-state index contributed by atoms with van der Waals surface area (Å²) >= 11 is 0. The molecule has 0 spiro atoms. The molecule has 0 radical (unpaired) electrons. The van der Waals surface area contributed by atoms with Gasteiger partial charge >= 0.3 is 0 Å². The first-order valence-electron chi connectivity index (χ1n) is 7.71. The van der Waals surface area contributed by atoms with Gasteiger partial charge in [-0.25, -0.2) is 0 Å². The summed E-state index contributed by atoms with van der Waals surface area (Å²) in [4.78, 5) is 26.5. The van der Waals surface area contributed by atoms with Crippen LogP contribution < -0.4 is 10.2 Å². The van der Waals surface area contributed by atoms with E-state index >= 15 is 0 Å². The van der Waals surface area contributed by atoms with Crippen LogP contribution in [0.5, 0.6) is 0 Å². The molecule has 0 saturated carbocycles. The van der Waals surface area contributed by atoms with Crippen LogP contribution in [0.15, 0.2) is 60.7 Å². The Balaban J connectivity index is 2.09. The molecule has 0 heterocycles. The van der Waals surface area contributed by atoms with Crippen LogP contribution in [0.2, 0.25) is 0 Å². The molecule has 0 bridgehead atoms. The number of likely N-dealkylation sites (N-methyl/N-ethyl adjacent to an activating group) is 1. The van der Waals surface area contributed by atoms with Crippen molar-refractivity contribution in [2.75, 3.05) is 11.9 Å². The number of aliphatic hydroxyl groups excluding tert-OH is 1. The largest absolute Gasteiger partial charge is 0.378 e. The molecule has 0 aromatic heterocycles. The Morgan fingerprint density at radius 3 is 2.04 bits per heavy atom. The molecule has 0 aliphatic heterocycles. The highest BCUT2D eigenvalue weighted by molar-refractivity contribution is 6.01. The van der Waals surface area contributed by atoms with Crippen molar-refractivity contribution in [3.63, 3.8) is 0 Å². The van der Waals surface area contributed by atoms with E-state index in [1.165, 1.54) is 4.90 Å². The van der Waals surface area contributed by atoms with Crippen LogP contribution in [0.4, 0.5) is 5.69 Å². The summed E-state index contributed by atoms with van der Waals surface area (Å²) < 4.78 is 0. The molecule has 0 aliphatic carbocycles. The lowest BCUT2D eigenvalue weighted by atomic mass is 10.0. The number of benzene rings is 2. The highest BCUT2D eigenvalue weighted by atomic mass is 16.3. The van der Waals surface area contributed by atoms with E-state index < -0.39 is 17.6 Å². The van der Waals surface area contributed by atoms with Gasteiger partial charge in [0.1, 0.15) is 5.54 Å². The predicted octanol–water partition coefficient (Wildman–Crippen LogP) is 2.28. The van der Waals surface area contributed by atoms with Crippen LogP contribution in [0, 0.1) is 0 Å². The van der Waals surface area contributed by atoms with Gasteiger partial charge in [-0.05, 0) is 31.5 Å². The maximum absolute atomic E-state index is 12.7. The van der Waals surface area contributed by atoms with E-state index in [-0.39, 0.29) is 5.91 Å². The van der Waals surface area contributed by atoms with E-state index in [1.54, 1.807) is 51.2 Å². The number of carbonyl (C=O) groups excluding carboxylic acids is 2. The number of hydrogen-bond donors (Lipinski definition) is 2. The standard InChI is InChI=1S/C19H22N2O3/c1-19(2,18(24)21(3)15-12-8-5-9-13-15)20-17(23)16(22)14-10-6-4-7-11-14/h4-13,16,22H,1-3H3,(H,20,23). The number of amides is 2. The Morgan fingerprint density at radius 1 is 1.00 bits per heavy atom. The smallest absolute Gasteiger partial charge is 0.254 e. The zero-order valence-electron chi connectivity index (χ0n) is 14.1. The molecule has 2 amide bonds.